The van der Waals surface area contributed by atoms with Crippen molar-refractivity contribution in [2.24, 2.45) is 11.8 Å². The number of rotatable bonds is 4. The molecule has 1 aliphatic heterocycles. The predicted molar refractivity (Wildman–Crippen MR) is 126 cm³/mol. The maximum Gasteiger partial charge on any atom is 0.209 e. The van der Waals surface area contributed by atoms with Gasteiger partial charge in [-0.1, -0.05) is 6.07 Å². The summed E-state index contributed by atoms with van der Waals surface area (Å²) >= 11 is 0. The standard InChI is InChI=1S/C27H31NO7/c1-13(28-7-3-4-8-28)9-15-5-6-19(30)23-18(15)11-16-10-17-12-20(31)21(14(2)29)25(33)27(17,35)26(34)22(16)24(23)32/h5-6,13,16-17,30-31,34-35H,3-4,7-12H2,1-2H3/t13?,16-,17+,27-/m1/s1. The molecule has 1 aromatic rings. The van der Waals surface area contributed by atoms with Gasteiger partial charge in [0.1, 0.15) is 22.8 Å². The monoisotopic (exact) mass is 481 g/mol. The first-order valence-corrected chi connectivity index (χ1v) is 12.3. The van der Waals surface area contributed by atoms with E-state index in [9.17, 15) is 34.8 Å². The largest absolute Gasteiger partial charge is 0.511 e. The molecular formula is C27H31NO7. The fourth-order valence-corrected chi connectivity index (χ4v) is 6.61. The number of aromatic hydroxyl groups is 1. The fourth-order valence-electron chi connectivity index (χ4n) is 6.61. The lowest BCUT2D eigenvalue weighted by molar-refractivity contribution is -0.144. The Morgan fingerprint density at radius 1 is 1.14 bits per heavy atom. The maximum absolute atomic E-state index is 13.6. The smallest absolute Gasteiger partial charge is 0.209 e. The van der Waals surface area contributed by atoms with Gasteiger partial charge >= 0.3 is 0 Å². The Balaban J connectivity index is 1.57. The van der Waals surface area contributed by atoms with E-state index in [1.54, 1.807) is 0 Å². The first-order chi connectivity index (χ1) is 16.6. The lowest BCUT2D eigenvalue weighted by Gasteiger charge is -2.45. The third-order valence-electron chi connectivity index (χ3n) is 8.43. The van der Waals surface area contributed by atoms with E-state index in [4.69, 9.17) is 0 Å². The number of phenols is 1. The Morgan fingerprint density at radius 2 is 1.83 bits per heavy atom. The number of hydrogen-bond donors (Lipinski definition) is 4. The molecule has 8 nitrogen and oxygen atoms in total. The molecule has 4 N–H and O–H groups in total. The van der Waals surface area contributed by atoms with Crippen LogP contribution in [-0.2, 0) is 22.4 Å². The van der Waals surface area contributed by atoms with Crippen LogP contribution in [0, 0.1) is 11.8 Å². The number of benzene rings is 1. The van der Waals surface area contributed by atoms with Crippen LogP contribution < -0.4 is 0 Å². The molecule has 5 rings (SSSR count). The minimum atomic E-state index is -2.45. The van der Waals surface area contributed by atoms with E-state index < -0.39 is 51.9 Å². The summed E-state index contributed by atoms with van der Waals surface area (Å²) in [6.45, 7) is 5.34. The van der Waals surface area contributed by atoms with Crippen LogP contribution in [0.15, 0.2) is 34.8 Å². The highest BCUT2D eigenvalue weighted by atomic mass is 16.3. The zero-order valence-electron chi connectivity index (χ0n) is 20.0. The Morgan fingerprint density at radius 3 is 2.49 bits per heavy atom. The Hall–Kier alpha value is -2.97. The van der Waals surface area contributed by atoms with Crippen LogP contribution in [0.3, 0.4) is 0 Å². The van der Waals surface area contributed by atoms with Crippen molar-refractivity contribution >= 4 is 17.3 Å². The summed E-state index contributed by atoms with van der Waals surface area (Å²) in [6, 6.07) is 3.60. The van der Waals surface area contributed by atoms with Gasteiger partial charge in [0, 0.05) is 24.0 Å². The van der Waals surface area contributed by atoms with Crippen molar-refractivity contribution < 1.29 is 34.8 Å². The molecule has 0 spiro atoms. The van der Waals surface area contributed by atoms with E-state index >= 15 is 0 Å². The molecule has 1 unspecified atom stereocenters. The van der Waals surface area contributed by atoms with Gasteiger partial charge in [-0.3, -0.25) is 14.4 Å². The summed E-state index contributed by atoms with van der Waals surface area (Å²) in [5, 5.41) is 43.5. The molecule has 4 atom stereocenters. The number of fused-ring (bicyclic) bond motifs is 3. The number of phenolic OH excluding ortho intramolecular Hbond substituents is 1. The summed E-state index contributed by atoms with van der Waals surface area (Å²) in [5.41, 5.74) is -1.29. The van der Waals surface area contributed by atoms with Crippen LogP contribution in [0.2, 0.25) is 0 Å². The molecular weight excluding hydrogens is 450 g/mol. The molecule has 0 aromatic heterocycles. The Bertz CT molecular complexity index is 1210. The summed E-state index contributed by atoms with van der Waals surface area (Å²) in [6.07, 6.45) is 3.44. The third kappa shape index (κ3) is 3.45. The molecule has 0 radical (unpaired) electrons. The molecule has 1 aromatic carbocycles. The lowest BCUT2D eigenvalue weighted by atomic mass is 9.60. The van der Waals surface area contributed by atoms with Crippen molar-refractivity contribution in [1.29, 1.82) is 0 Å². The number of aliphatic hydroxyl groups is 3. The molecule has 1 heterocycles. The number of allylic oxidation sites excluding steroid dienone is 2. The van der Waals surface area contributed by atoms with Gasteiger partial charge in [0.15, 0.2) is 17.2 Å². The summed E-state index contributed by atoms with van der Waals surface area (Å²) in [4.78, 5) is 41.1. The average molecular weight is 482 g/mol. The van der Waals surface area contributed by atoms with Gasteiger partial charge in [-0.2, -0.15) is 0 Å². The summed E-state index contributed by atoms with van der Waals surface area (Å²) in [5.74, 6) is -5.12. The predicted octanol–water partition coefficient (Wildman–Crippen LogP) is 2.71. The summed E-state index contributed by atoms with van der Waals surface area (Å²) in [7, 11) is 0. The molecule has 3 aliphatic carbocycles. The zero-order valence-corrected chi connectivity index (χ0v) is 20.0. The topological polar surface area (TPSA) is 135 Å². The molecule has 0 amide bonds. The quantitative estimate of drug-likeness (QED) is 0.482. The minimum Gasteiger partial charge on any atom is -0.511 e. The number of hydrogen-bond acceptors (Lipinski definition) is 8. The van der Waals surface area contributed by atoms with Crippen molar-refractivity contribution in [2.75, 3.05) is 13.1 Å². The van der Waals surface area contributed by atoms with Crippen LogP contribution in [0.1, 0.15) is 61.0 Å². The van der Waals surface area contributed by atoms with Crippen LogP contribution in [0.25, 0.3) is 0 Å². The van der Waals surface area contributed by atoms with Crippen LogP contribution in [-0.4, -0.2) is 67.4 Å². The van der Waals surface area contributed by atoms with Crippen LogP contribution >= 0.6 is 0 Å². The second-order valence-electron chi connectivity index (χ2n) is 10.5. The highest BCUT2D eigenvalue weighted by Crippen LogP contribution is 2.51. The first kappa shape index (κ1) is 23.8. The van der Waals surface area contributed by atoms with E-state index in [1.165, 1.54) is 18.9 Å². The second-order valence-corrected chi connectivity index (χ2v) is 10.5. The molecule has 0 bridgehead atoms. The maximum atomic E-state index is 13.6. The Kier molecular flexibility index (Phi) is 5.64. The van der Waals surface area contributed by atoms with Crippen LogP contribution in [0.4, 0.5) is 0 Å². The highest BCUT2D eigenvalue weighted by molar-refractivity contribution is 6.25. The van der Waals surface area contributed by atoms with E-state index in [-0.39, 0.29) is 35.8 Å². The molecule has 1 fully saturated rings. The van der Waals surface area contributed by atoms with E-state index in [0.29, 0.717) is 12.8 Å². The van der Waals surface area contributed by atoms with Crippen molar-refractivity contribution in [3.05, 3.63) is 51.5 Å². The number of aliphatic hydroxyl groups excluding tert-OH is 2. The third-order valence-corrected chi connectivity index (χ3v) is 8.43. The number of carbonyl (C=O) groups excluding carboxylic acids is 3. The lowest BCUT2D eigenvalue weighted by Crippen LogP contribution is -2.56. The number of Topliss-reactive ketones (excluding diaryl/α,β-unsaturated/α-hetero) is 3. The molecule has 186 valence electrons. The van der Waals surface area contributed by atoms with Gasteiger partial charge in [-0.25, -0.2) is 0 Å². The second kappa shape index (κ2) is 8.31. The highest BCUT2D eigenvalue weighted by Gasteiger charge is 2.59. The normalized spacial score (nSPS) is 29.7. The Labute approximate surface area is 203 Å². The van der Waals surface area contributed by atoms with Crippen LogP contribution in [0.5, 0.6) is 5.75 Å². The molecule has 8 heteroatoms. The van der Waals surface area contributed by atoms with Crippen molar-refractivity contribution in [2.45, 2.75) is 64.0 Å². The minimum absolute atomic E-state index is 0.0890. The van der Waals surface area contributed by atoms with Crippen molar-refractivity contribution in [3.8, 4) is 5.75 Å². The SMILES string of the molecule is CC(=O)C1=C(O)C[C@@H]2C[C@@H]3Cc4c(CC(C)N5CCCC5)ccc(O)c4C(=O)C3=C(O)[C@]2(O)C1=O. The summed E-state index contributed by atoms with van der Waals surface area (Å²) < 4.78 is 0. The van der Waals surface area contributed by atoms with E-state index in [1.807, 2.05) is 6.07 Å². The first-order valence-electron chi connectivity index (χ1n) is 12.3. The number of nitrogens with zero attached hydrogens (tertiary/aromatic N) is 1. The number of ketones is 3. The molecule has 4 aliphatic rings. The molecule has 0 saturated carbocycles. The van der Waals surface area contributed by atoms with E-state index in [0.717, 1.165) is 31.1 Å². The fraction of sp³-hybridized carbons (Fsp3) is 0.519. The van der Waals surface area contributed by atoms with Gasteiger partial charge in [-0.15, -0.1) is 0 Å². The molecule has 35 heavy (non-hydrogen) atoms. The molecule has 1 saturated heterocycles. The van der Waals surface area contributed by atoms with Gasteiger partial charge in [0.25, 0.3) is 0 Å². The van der Waals surface area contributed by atoms with Crippen molar-refractivity contribution in [1.82, 2.24) is 4.90 Å². The van der Waals surface area contributed by atoms with Gasteiger partial charge in [0.05, 0.1) is 5.56 Å². The zero-order chi connectivity index (χ0) is 25.2. The van der Waals surface area contributed by atoms with E-state index in [2.05, 4.69) is 11.8 Å². The number of carbonyl (C=O) groups is 3. The average Bonchev–Trinajstić information content (AvgIpc) is 3.33. The number of likely N-dealkylation sites (tertiary alicyclic amines) is 1. The van der Waals surface area contributed by atoms with Crippen molar-refractivity contribution in [3.63, 3.8) is 0 Å². The van der Waals surface area contributed by atoms with Gasteiger partial charge < -0.3 is 25.3 Å². The van der Waals surface area contributed by atoms with Gasteiger partial charge in [-0.05, 0) is 82.2 Å². The van der Waals surface area contributed by atoms with Gasteiger partial charge in [0.2, 0.25) is 5.78 Å².